The first-order valence-corrected chi connectivity index (χ1v) is 9.60. The van der Waals surface area contributed by atoms with Gasteiger partial charge in [-0.3, -0.25) is 4.79 Å². The molecule has 1 aromatic carbocycles. The second-order valence-electron chi connectivity index (χ2n) is 6.90. The van der Waals surface area contributed by atoms with Gasteiger partial charge in [-0.15, -0.1) is 0 Å². The van der Waals surface area contributed by atoms with Gasteiger partial charge >= 0.3 is 0 Å². The number of hydrogen-bond donors (Lipinski definition) is 1. The molecule has 26 heavy (non-hydrogen) atoms. The van der Waals surface area contributed by atoms with Gasteiger partial charge in [0.1, 0.15) is 18.5 Å². The highest BCUT2D eigenvalue weighted by Gasteiger charge is 2.21. The maximum Gasteiger partial charge on any atom is 0.253 e. The van der Waals surface area contributed by atoms with Crippen LogP contribution in [0.1, 0.15) is 39.0 Å². The molecule has 2 aliphatic heterocycles. The number of carbonyl (C=O) groups excluding carboxylic acids is 1. The summed E-state index contributed by atoms with van der Waals surface area (Å²) < 4.78 is 22.8. The number of ether oxygens (including phenoxy) is 4. The number of benzene rings is 1. The van der Waals surface area contributed by atoms with E-state index in [-0.39, 0.29) is 18.1 Å². The molecular formula is C20H29NO5. The van der Waals surface area contributed by atoms with E-state index >= 15 is 0 Å². The lowest BCUT2D eigenvalue weighted by molar-refractivity contribution is -0.128. The average molecular weight is 363 g/mol. The van der Waals surface area contributed by atoms with Crippen LogP contribution in [-0.4, -0.2) is 50.6 Å². The summed E-state index contributed by atoms with van der Waals surface area (Å²) >= 11 is 0. The molecule has 2 heterocycles. The molecule has 144 valence electrons. The van der Waals surface area contributed by atoms with Crippen molar-refractivity contribution in [3.63, 3.8) is 0 Å². The second-order valence-corrected chi connectivity index (χ2v) is 6.90. The minimum atomic E-state index is -0.547. The van der Waals surface area contributed by atoms with Gasteiger partial charge < -0.3 is 24.3 Å². The van der Waals surface area contributed by atoms with Crippen LogP contribution in [0.3, 0.4) is 0 Å². The minimum absolute atomic E-state index is 0.108. The first-order chi connectivity index (χ1) is 12.7. The lowest BCUT2D eigenvalue weighted by Crippen LogP contribution is -2.31. The Balaban J connectivity index is 1.48. The largest absolute Gasteiger partial charge is 0.489 e. The molecule has 3 unspecified atom stereocenters. The summed E-state index contributed by atoms with van der Waals surface area (Å²) in [6.07, 6.45) is 5.05. The van der Waals surface area contributed by atoms with E-state index in [1.54, 1.807) is 6.92 Å². The van der Waals surface area contributed by atoms with Crippen LogP contribution in [0.15, 0.2) is 24.3 Å². The molecule has 6 nitrogen and oxygen atoms in total. The highest BCUT2D eigenvalue weighted by atomic mass is 16.5. The molecule has 1 amide bonds. The molecule has 0 aromatic heterocycles. The average Bonchev–Trinajstić information content (AvgIpc) is 3.20. The van der Waals surface area contributed by atoms with E-state index in [0.717, 1.165) is 38.9 Å². The summed E-state index contributed by atoms with van der Waals surface area (Å²) in [6.45, 7) is 4.28. The fourth-order valence-electron chi connectivity index (χ4n) is 3.15. The maximum absolute atomic E-state index is 12.4. The van der Waals surface area contributed by atoms with Crippen molar-refractivity contribution in [2.75, 3.05) is 31.7 Å². The predicted molar refractivity (Wildman–Crippen MR) is 98.5 cm³/mol. The molecule has 6 heteroatoms. The van der Waals surface area contributed by atoms with Crippen molar-refractivity contribution in [2.45, 2.75) is 57.3 Å². The normalized spacial score (nSPS) is 24.2. The minimum Gasteiger partial charge on any atom is -0.489 e. The van der Waals surface area contributed by atoms with Crippen molar-refractivity contribution in [1.82, 2.24) is 0 Å². The third kappa shape index (κ3) is 5.69. The van der Waals surface area contributed by atoms with E-state index in [1.807, 2.05) is 24.3 Å². The van der Waals surface area contributed by atoms with Gasteiger partial charge in [-0.25, -0.2) is 0 Å². The van der Waals surface area contributed by atoms with Crippen molar-refractivity contribution in [3.05, 3.63) is 24.3 Å². The van der Waals surface area contributed by atoms with Crippen LogP contribution >= 0.6 is 0 Å². The predicted octanol–water partition coefficient (Wildman–Crippen LogP) is 3.16. The Labute approximate surface area is 155 Å². The number of amides is 1. The summed E-state index contributed by atoms with van der Waals surface area (Å²) in [7, 11) is 0. The van der Waals surface area contributed by atoms with E-state index in [9.17, 15) is 4.79 Å². The number of anilines is 1. The molecule has 0 aliphatic carbocycles. The monoisotopic (exact) mass is 363 g/mol. The fourth-order valence-corrected chi connectivity index (χ4v) is 3.15. The molecule has 0 bridgehead atoms. The number of hydrogen-bond acceptors (Lipinski definition) is 5. The van der Waals surface area contributed by atoms with Gasteiger partial charge in [0.15, 0.2) is 0 Å². The van der Waals surface area contributed by atoms with E-state index in [1.165, 1.54) is 6.42 Å². The Morgan fingerprint density at radius 2 is 1.85 bits per heavy atom. The molecule has 1 N–H and O–H groups in total. The number of rotatable bonds is 8. The van der Waals surface area contributed by atoms with Crippen molar-refractivity contribution in [3.8, 4) is 5.75 Å². The zero-order valence-electron chi connectivity index (χ0n) is 15.4. The highest BCUT2D eigenvalue weighted by molar-refractivity contribution is 5.95. The van der Waals surface area contributed by atoms with Gasteiger partial charge in [-0.2, -0.15) is 0 Å². The molecule has 2 saturated heterocycles. The molecule has 0 radical (unpaired) electrons. The van der Waals surface area contributed by atoms with Gasteiger partial charge in [0.05, 0.1) is 24.5 Å². The molecule has 1 aromatic rings. The lowest BCUT2D eigenvalue weighted by Gasteiger charge is -2.23. The SMILES string of the molecule is CC(OCC1CCCO1)C(=O)Nc1ccccc1OCC1CCCCO1. The molecule has 3 atom stereocenters. The van der Waals surface area contributed by atoms with Gasteiger partial charge in [-0.05, 0) is 51.2 Å². The van der Waals surface area contributed by atoms with Crippen molar-refractivity contribution < 1.29 is 23.7 Å². The van der Waals surface area contributed by atoms with Gasteiger partial charge in [0, 0.05) is 13.2 Å². The van der Waals surface area contributed by atoms with Crippen molar-refractivity contribution in [1.29, 1.82) is 0 Å². The second kappa shape index (κ2) is 9.90. The maximum atomic E-state index is 12.4. The molecule has 3 rings (SSSR count). The van der Waals surface area contributed by atoms with Crippen LogP contribution in [0, 0.1) is 0 Å². The van der Waals surface area contributed by atoms with Crippen LogP contribution in [0.4, 0.5) is 5.69 Å². The van der Waals surface area contributed by atoms with Gasteiger partial charge in [-0.1, -0.05) is 12.1 Å². The summed E-state index contributed by atoms with van der Waals surface area (Å²) in [6, 6.07) is 7.46. The van der Waals surface area contributed by atoms with Gasteiger partial charge in [0.2, 0.25) is 0 Å². The molecule has 2 aliphatic rings. The van der Waals surface area contributed by atoms with Crippen LogP contribution in [0.2, 0.25) is 0 Å². The Hall–Kier alpha value is -1.63. The van der Waals surface area contributed by atoms with Crippen molar-refractivity contribution in [2.24, 2.45) is 0 Å². The first kappa shape index (κ1) is 19.1. The standard InChI is InChI=1S/C20H29NO5/c1-15(25-13-17-8-6-12-24-17)20(22)21-18-9-2-3-10-19(18)26-14-16-7-4-5-11-23-16/h2-3,9-10,15-17H,4-8,11-14H2,1H3,(H,21,22). The Kier molecular flexibility index (Phi) is 7.29. The summed E-state index contributed by atoms with van der Waals surface area (Å²) in [5.41, 5.74) is 0.654. The van der Waals surface area contributed by atoms with E-state index < -0.39 is 6.10 Å². The fraction of sp³-hybridized carbons (Fsp3) is 0.650. The van der Waals surface area contributed by atoms with Crippen LogP contribution in [0.25, 0.3) is 0 Å². The number of para-hydroxylation sites is 2. The smallest absolute Gasteiger partial charge is 0.253 e. The van der Waals surface area contributed by atoms with E-state index in [2.05, 4.69) is 5.32 Å². The first-order valence-electron chi connectivity index (χ1n) is 9.60. The summed E-state index contributed by atoms with van der Waals surface area (Å²) in [5.74, 6) is 0.467. The Morgan fingerprint density at radius 3 is 2.62 bits per heavy atom. The zero-order chi connectivity index (χ0) is 18.2. The van der Waals surface area contributed by atoms with Gasteiger partial charge in [0.25, 0.3) is 5.91 Å². The quantitative estimate of drug-likeness (QED) is 0.768. The summed E-state index contributed by atoms with van der Waals surface area (Å²) in [5, 5.41) is 2.90. The third-order valence-electron chi connectivity index (χ3n) is 4.77. The van der Waals surface area contributed by atoms with E-state index in [0.29, 0.717) is 24.7 Å². The third-order valence-corrected chi connectivity index (χ3v) is 4.77. The van der Waals surface area contributed by atoms with Crippen LogP contribution in [0.5, 0.6) is 5.75 Å². The zero-order valence-corrected chi connectivity index (χ0v) is 15.4. The Morgan fingerprint density at radius 1 is 1.12 bits per heavy atom. The number of nitrogens with one attached hydrogen (secondary N) is 1. The highest BCUT2D eigenvalue weighted by Crippen LogP contribution is 2.25. The van der Waals surface area contributed by atoms with Crippen LogP contribution in [-0.2, 0) is 19.0 Å². The topological polar surface area (TPSA) is 66.0 Å². The molecular weight excluding hydrogens is 334 g/mol. The lowest BCUT2D eigenvalue weighted by atomic mass is 10.1. The molecule has 0 spiro atoms. The molecule has 2 fully saturated rings. The summed E-state index contributed by atoms with van der Waals surface area (Å²) in [4.78, 5) is 12.4. The Bertz CT molecular complexity index is 567. The van der Waals surface area contributed by atoms with Crippen molar-refractivity contribution >= 4 is 11.6 Å². The molecule has 0 saturated carbocycles. The number of carbonyl (C=O) groups is 1. The van der Waals surface area contributed by atoms with E-state index in [4.69, 9.17) is 18.9 Å². The van der Waals surface area contributed by atoms with Crippen LogP contribution < -0.4 is 10.1 Å².